The number of hydrogen-bond donors (Lipinski definition) is 3. The van der Waals surface area contributed by atoms with Gasteiger partial charge in [-0.25, -0.2) is 4.79 Å². The van der Waals surface area contributed by atoms with Gasteiger partial charge in [0.2, 0.25) is 11.8 Å². The highest BCUT2D eigenvalue weighted by molar-refractivity contribution is 5.79. The molecule has 0 saturated heterocycles. The van der Waals surface area contributed by atoms with E-state index in [-0.39, 0.29) is 64.3 Å². The molecular formula is C22H41N3O10. The average Bonchev–Trinajstić information content (AvgIpc) is 2.79. The van der Waals surface area contributed by atoms with E-state index in [9.17, 15) is 19.2 Å². The Labute approximate surface area is 206 Å². The molecule has 0 aliphatic rings. The monoisotopic (exact) mass is 507 g/mol. The molecule has 0 aliphatic carbocycles. The first-order chi connectivity index (χ1) is 16.5. The highest BCUT2D eigenvalue weighted by Crippen LogP contribution is 2.09. The Morgan fingerprint density at radius 1 is 0.771 bits per heavy atom. The van der Waals surface area contributed by atoms with E-state index in [1.165, 1.54) is 7.11 Å². The smallest absolute Gasteiger partial charge is 0.331 e. The fraction of sp³-hybridized carbons (Fsp3) is 0.818. The van der Waals surface area contributed by atoms with E-state index in [1.54, 1.807) is 20.8 Å². The molecule has 2 amide bonds. The normalized spacial score (nSPS) is 12.0. The maximum atomic E-state index is 11.8. The second-order valence-electron chi connectivity index (χ2n) is 8.28. The molecule has 0 saturated carbocycles. The second kappa shape index (κ2) is 19.9. The minimum Gasteiger partial charge on any atom is -0.467 e. The Morgan fingerprint density at radius 3 is 1.83 bits per heavy atom. The van der Waals surface area contributed by atoms with Crippen LogP contribution >= 0.6 is 0 Å². The Kier molecular flexibility index (Phi) is 18.6. The van der Waals surface area contributed by atoms with Gasteiger partial charge in [0, 0.05) is 19.5 Å². The highest BCUT2D eigenvalue weighted by atomic mass is 16.6. The zero-order chi connectivity index (χ0) is 26.5. The van der Waals surface area contributed by atoms with Crippen LogP contribution in [0.3, 0.4) is 0 Å². The first kappa shape index (κ1) is 32.7. The molecule has 0 aromatic heterocycles. The fourth-order valence-corrected chi connectivity index (χ4v) is 2.27. The van der Waals surface area contributed by atoms with Crippen molar-refractivity contribution in [1.29, 1.82) is 0 Å². The van der Waals surface area contributed by atoms with Gasteiger partial charge >= 0.3 is 11.9 Å². The number of nitrogens with two attached hydrogens (primary N) is 1. The molecule has 0 heterocycles. The lowest BCUT2D eigenvalue weighted by molar-refractivity contribution is -0.156. The Bertz CT molecular complexity index is 625. The number of nitrogens with one attached hydrogen (secondary N) is 2. The van der Waals surface area contributed by atoms with Gasteiger partial charge in [0.1, 0.15) is 24.9 Å². The van der Waals surface area contributed by atoms with E-state index in [1.807, 2.05) is 0 Å². The highest BCUT2D eigenvalue weighted by Gasteiger charge is 2.22. The molecule has 13 nitrogen and oxygen atoms in total. The van der Waals surface area contributed by atoms with Crippen molar-refractivity contribution in [3.05, 3.63) is 0 Å². The van der Waals surface area contributed by atoms with Crippen molar-refractivity contribution in [3.8, 4) is 0 Å². The molecular weight excluding hydrogens is 466 g/mol. The summed E-state index contributed by atoms with van der Waals surface area (Å²) in [4.78, 5) is 46.0. The van der Waals surface area contributed by atoms with E-state index < -0.39 is 23.6 Å². The molecule has 1 unspecified atom stereocenters. The number of rotatable bonds is 20. The molecule has 0 fully saturated rings. The minimum atomic E-state index is -0.850. The number of carbonyl (C=O) groups excluding carboxylic acids is 4. The lowest BCUT2D eigenvalue weighted by atomic mass is 10.1. The SMILES string of the molecule is COC(=O)COCCOCCNC(=O)COCCOCCNC(=O)CCC(N)C(=O)OC(C)(C)C. The summed E-state index contributed by atoms with van der Waals surface area (Å²) in [5.74, 6) is -1.51. The van der Waals surface area contributed by atoms with Gasteiger partial charge in [-0.2, -0.15) is 0 Å². The first-order valence-corrected chi connectivity index (χ1v) is 11.4. The average molecular weight is 508 g/mol. The molecule has 0 rings (SSSR count). The summed E-state index contributed by atoms with van der Waals surface area (Å²) in [5, 5.41) is 5.30. The number of carbonyl (C=O) groups is 4. The quantitative estimate of drug-likeness (QED) is 0.135. The van der Waals surface area contributed by atoms with Crippen molar-refractivity contribution in [2.45, 2.75) is 45.3 Å². The van der Waals surface area contributed by atoms with Gasteiger partial charge in [-0.15, -0.1) is 0 Å². The fourth-order valence-electron chi connectivity index (χ4n) is 2.27. The van der Waals surface area contributed by atoms with Gasteiger partial charge in [0.05, 0.1) is 46.8 Å². The molecule has 0 spiro atoms. The van der Waals surface area contributed by atoms with Crippen molar-refractivity contribution in [2.75, 3.05) is 73.1 Å². The zero-order valence-corrected chi connectivity index (χ0v) is 21.2. The topological polar surface area (TPSA) is 174 Å². The van der Waals surface area contributed by atoms with Gasteiger partial charge in [0.15, 0.2) is 0 Å². The molecule has 4 N–H and O–H groups in total. The van der Waals surface area contributed by atoms with Crippen molar-refractivity contribution in [1.82, 2.24) is 10.6 Å². The van der Waals surface area contributed by atoms with Crippen LogP contribution in [0.5, 0.6) is 0 Å². The van der Waals surface area contributed by atoms with E-state index in [2.05, 4.69) is 15.4 Å². The third-order valence-electron chi connectivity index (χ3n) is 3.95. The molecule has 0 aromatic carbocycles. The Balaban J connectivity index is 3.50. The third kappa shape index (κ3) is 21.9. The molecule has 0 aliphatic heterocycles. The zero-order valence-electron chi connectivity index (χ0n) is 21.2. The van der Waals surface area contributed by atoms with Crippen molar-refractivity contribution >= 4 is 23.8 Å². The van der Waals surface area contributed by atoms with Crippen LogP contribution in [0.4, 0.5) is 0 Å². The van der Waals surface area contributed by atoms with Crippen LogP contribution in [0.15, 0.2) is 0 Å². The van der Waals surface area contributed by atoms with E-state index in [0.29, 0.717) is 26.3 Å². The van der Waals surface area contributed by atoms with Crippen LogP contribution < -0.4 is 16.4 Å². The first-order valence-electron chi connectivity index (χ1n) is 11.4. The lowest BCUT2D eigenvalue weighted by Gasteiger charge is -2.22. The summed E-state index contributed by atoms with van der Waals surface area (Å²) in [6, 6.07) is -0.850. The van der Waals surface area contributed by atoms with E-state index in [4.69, 9.17) is 29.4 Å². The summed E-state index contributed by atoms with van der Waals surface area (Å²) in [6.07, 6.45) is 0.294. The van der Waals surface area contributed by atoms with Crippen molar-refractivity contribution in [3.63, 3.8) is 0 Å². The minimum absolute atomic E-state index is 0.104. The van der Waals surface area contributed by atoms with Gasteiger partial charge in [-0.3, -0.25) is 14.4 Å². The van der Waals surface area contributed by atoms with Gasteiger partial charge in [0.25, 0.3) is 0 Å². The van der Waals surface area contributed by atoms with E-state index >= 15 is 0 Å². The maximum Gasteiger partial charge on any atom is 0.331 e. The lowest BCUT2D eigenvalue weighted by Crippen LogP contribution is -2.38. The summed E-state index contributed by atoms with van der Waals surface area (Å²) in [6.45, 7) is 7.23. The number of amides is 2. The summed E-state index contributed by atoms with van der Waals surface area (Å²) < 4.78 is 30.4. The number of esters is 2. The molecule has 204 valence electrons. The third-order valence-corrected chi connectivity index (χ3v) is 3.95. The predicted molar refractivity (Wildman–Crippen MR) is 124 cm³/mol. The molecule has 1 atom stereocenters. The Hall–Kier alpha value is -2.32. The molecule has 13 heteroatoms. The molecule has 0 aromatic rings. The standard InChI is InChI=1S/C22H41N3O10/c1-22(2,3)35-21(29)17(23)5-6-18(26)24-7-9-31-11-13-33-15-19(27)25-8-10-32-12-14-34-16-20(28)30-4/h17H,5-16,23H2,1-4H3,(H,24,26)(H,25,27). The molecule has 0 radical (unpaired) electrons. The van der Waals surface area contributed by atoms with E-state index in [0.717, 1.165) is 0 Å². The summed E-state index contributed by atoms with van der Waals surface area (Å²) >= 11 is 0. The summed E-state index contributed by atoms with van der Waals surface area (Å²) in [5.41, 5.74) is 5.12. The van der Waals surface area contributed by atoms with Crippen molar-refractivity contribution in [2.24, 2.45) is 5.73 Å². The van der Waals surface area contributed by atoms with Crippen LogP contribution in [0.1, 0.15) is 33.6 Å². The summed E-state index contributed by atoms with van der Waals surface area (Å²) in [7, 11) is 1.28. The van der Waals surface area contributed by atoms with Crippen LogP contribution in [-0.2, 0) is 47.6 Å². The maximum absolute atomic E-state index is 11.8. The molecule has 35 heavy (non-hydrogen) atoms. The van der Waals surface area contributed by atoms with Gasteiger partial charge in [-0.05, 0) is 27.2 Å². The number of hydrogen-bond acceptors (Lipinski definition) is 11. The van der Waals surface area contributed by atoms with Crippen LogP contribution in [0.2, 0.25) is 0 Å². The van der Waals surface area contributed by atoms with Crippen LogP contribution in [0.25, 0.3) is 0 Å². The molecule has 0 bridgehead atoms. The second-order valence-corrected chi connectivity index (χ2v) is 8.28. The van der Waals surface area contributed by atoms with Crippen molar-refractivity contribution < 1.29 is 47.6 Å². The van der Waals surface area contributed by atoms with Gasteiger partial charge in [-0.1, -0.05) is 0 Å². The predicted octanol–water partition coefficient (Wildman–Crippen LogP) is -1.09. The Morgan fingerprint density at radius 2 is 1.29 bits per heavy atom. The van der Waals surface area contributed by atoms with Crippen LogP contribution in [-0.4, -0.2) is 108 Å². The largest absolute Gasteiger partial charge is 0.467 e. The van der Waals surface area contributed by atoms with Gasteiger partial charge < -0.3 is 44.8 Å². The number of methoxy groups -OCH3 is 1. The number of ether oxygens (including phenoxy) is 6. The van der Waals surface area contributed by atoms with Crippen LogP contribution in [0, 0.1) is 0 Å².